The lowest BCUT2D eigenvalue weighted by Crippen LogP contribution is -2.35. The van der Waals surface area contributed by atoms with Gasteiger partial charge in [0.1, 0.15) is 0 Å². The van der Waals surface area contributed by atoms with Crippen molar-refractivity contribution >= 4 is 0 Å². The van der Waals surface area contributed by atoms with Gasteiger partial charge in [-0.15, -0.1) is 0 Å². The summed E-state index contributed by atoms with van der Waals surface area (Å²) in [6, 6.07) is 0. The van der Waals surface area contributed by atoms with Gasteiger partial charge < -0.3 is 0 Å². The Morgan fingerprint density at radius 1 is 0.917 bits per heavy atom. The molecule has 0 spiro atoms. The number of rotatable bonds is 5. The second-order valence-corrected chi connectivity index (χ2v) is 4.47. The fourth-order valence-corrected chi connectivity index (χ4v) is 2.27. The third kappa shape index (κ3) is 1.84. The minimum atomic E-state index is 0.443. The van der Waals surface area contributed by atoms with Gasteiger partial charge in [0.15, 0.2) is 0 Å². The molecule has 0 amide bonds. The van der Waals surface area contributed by atoms with Crippen molar-refractivity contribution in [3.05, 3.63) is 6.92 Å². The van der Waals surface area contributed by atoms with Crippen molar-refractivity contribution in [1.29, 1.82) is 0 Å². The van der Waals surface area contributed by atoms with Crippen LogP contribution < -0.4 is 0 Å². The van der Waals surface area contributed by atoms with E-state index in [2.05, 4.69) is 41.5 Å². The Bertz CT molecular complexity index is 110. The maximum Gasteiger partial charge on any atom is -0.0252 e. The van der Waals surface area contributed by atoms with Crippen LogP contribution in [0.3, 0.4) is 0 Å². The molecule has 0 nitrogen and oxygen atoms in total. The second-order valence-electron chi connectivity index (χ2n) is 4.47. The summed E-state index contributed by atoms with van der Waals surface area (Å²) in [5.74, 6) is 0. The number of hydrogen-bond acceptors (Lipinski definition) is 0. The van der Waals surface area contributed by atoms with Gasteiger partial charge in [-0.3, -0.25) is 0 Å². The summed E-state index contributed by atoms with van der Waals surface area (Å²) in [6.45, 7) is 15.8. The van der Waals surface area contributed by atoms with Crippen LogP contribution in [0.2, 0.25) is 0 Å². The van der Waals surface area contributed by atoms with Crippen LogP contribution in [0.15, 0.2) is 0 Å². The normalized spacial score (nSPS) is 13.5. The van der Waals surface area contributed by atoms with Crippen molar-refractivity contribution in [2.75, 3.05) is 0 Å². The Balaban J connectivity index is 4.69. The average Bonchev–Trinajstić information content (AvgIpc) is 2.08. The fourth-order valence-electron chi connectivity index (χ4n) is 2.27. The molecule has 0 heterocycles. The molecule has 0 bridgehead atoms. The van der Waals surface area contributed by atoms with E-state index in [-0.39, 0.29) is 0 Å². The molecule has 0 N–H and O–H groups in total. The zero-order valence-corrected chi connectivity index (χ0v) is 9.54. The Morgan fingerprint density at radius 3 is 1.42 bits per heavy atom. The highest BCUT2D eigenvalue weighted by atomic mass is 14.4. The zero-order valence-electron chi connectivity index (χ0n) is 9.54. The monoisotopic (exact) mass is 169 g/mol. The molecule has 12 heavy (non-hydrogen) atoms. The molecule has 0 atom stereocenters. The average molecular weight is 169 g/mol. The summed E-state index contributed by atoms with van der Waals surface area (Å²) in [5.41, 5.74) is 0.903. The van der Waals surface area contributed by atoms with Crippen molar-refractivity contribution in [3.8, 4) is 0 Å². The maximum absolute atomic E-state index is 4.11. The molecule has 0 fully saturated rings. The van der Waals surface area contributed by atoms with Crippen molar-refractivity contribution in [3.63, 3.8) is 0 Å². The van der Waals surface area contributed by atoms with Crippen molar-refractivity contribution in [1.82, 2.24) is 0 Å². The van der Waals surface area contributed by atoms with Crippen LogP contribution >= 0.6 is 0 Å². The van der Waals surface area contributed by atoms with Crippen LogP contribution in [0.1, 0.15) is 60.3 Å². The van der Waals surface area contributed by atoms with Gasteiger partial charge in [-0.05, 0) is 30.1 Å². The van der Waals surface area contributed by atoms with E-state index in [9.17, 15) is 0 Å². The van der Waals surface area contributed by atoms with E-state index in [4.69, 9.17) is 0 Å². The fraction of sp³-hybridized carbons (Fsp3) is 0.917. The van der Waals surface area contributed by atoms with Gasteiger partial charge in [-0.1, -0.05) is 48.0 Å². The van der Waals surface area contributed by atoms with E-state index < -0.39 is 0 Å². The summed E-state index contributed by atoms with van der Waals surface area (Å²) in [5, 5.41) is 0. The van der Waals surface area contributed by atoms with Gasteiger partial charge >= 0.3 is 0 Å². The number of hydrogen-bond donors (Lipinski definition) is 0. The lowest BCUT2D eigenvalue weighted by atomic mass is 9.60. The van der Waals surface area contributed by atoms with Crippen LogP contribution in [0.4, 0.5) is 0 Å². The molecule has 1 radical (unpaired) electrons. The zero-order chi connectivity index (χ0) is 9.83. The first-order chi connectivity index (χ1) is 5.49. The van der Waals surface area contributed by atoms with Crippen molar-refractivity contribution in [2.24, 2.45) is 10.8 Å². The van der Waals surface area contributed by atoms with Gasteiger partial charge in [-0.2, -0.15) is 0 Å². The molecule has 0 aromatic carbocycles. The van der Waals surface area contributed by atoms with Gasteiger partial charge in [0.25, 0.3) is 0 Å². The summed E-state index contributed by atoms with van der Waals surface area (Å²) in [6.07, 6.45) is 4.84. The highest BCUT2D eigenvalue weighted by molar-refractivity contribution is 4.90. The Kier molecular flexibility index (Phi) is 4.30. The molecule has 0 aromatic rings. The van der Waals surface area contributed by atoms with E-state index in [1.807, 2.05) is 0 Å². The topological polar surface area (TPSA) is 0 Å². The van der Waals surface area contributed by atoms with Crippen LogP contribution in [-0.4, -0.2) is 0 Å². The van der Waals surface area contributed by atoms with E-state index in [0.29, 0.717) is 10.8 Å². The van der Waals surface area contributed by atoms with E-state index >= 15 is 0 Å². The third-order valence-corrected chi connectivity index (χ3v) is 4.15. The Hall–Kier alpha value is 0. The van der Waals surface area contributed by atoms with Crippen LogP contribution in [0.5, 0.6) is 0 Å². The standard InChI is InChI=1S/C12H25/c1-7-11(5,6)12(8-2,9-3)10-4/h2,7-10H2,1,3-6H3. The highest BCUT2D eigenvalue weighted by Crippen LogP contribution is 2.49. The van der Waals surface area contributed by atoms with Crippen molar-refractivity contribution in [2.45, 2.75) is 60.3 Å². The summed E-state index contributed by atoms with van der Waals surface area (Å²) < 4.78 is 0. The maximum atomic E-state index is 4.11. The third-order valence-electron chi connectivity index (χ3n) is 4.15. The molecule has 0 unspecified atom stereocenters. The Labute approximate surface area is 78.8 Å². The second kappa shape index (κ2) is 4.30. The van der Waals surface area contributed by atoms with Gasteiger partial charge in [0.05, 0.1) is 0 Å². The Morgan fingerprint density at radius 2 is 1.33 bits per heavy atom. The van der Waals surface area contributed by atoms with Crippen LogP contribution in [0.25, 0.3) is 0 Å². The van der Waals surface area contributed by atoms with E-state index in [1.165, 1.54) is 19.3 Å². The van der Waals surface area contributed by atoms with Gasteiger partial charge in [0.2, 0.25) is 0 Å². The molecular formula is C12H25. The van der Waals surface area contributed by atoms with Gasteiger partial charge in [0, 0.05) is 0 Å². The molecule has 73 valence electrons. The first kappa shape index (κ1) is 12.0. The largest absolute Gasteiger partial charge is 0.0649 e. The molecule has 0 aliphatic heterocycles. The van der Waals surface area contributed by atoms with Crippen LogP contribution in [-0.2, 0) is 0 Å². The molecular weight excluding hydrogens is 144 g/mol. The molecule has 0 aliphatic rings. The predicted molar refractivity (Wildman–Crippen MR) is 57.1 cm³/mol. The molecule has 0 aliphatic carbocycles. The molecule has 0 aromatic heterocycles. The molecule has 0 saturated heterocycles. The molecule has 0 saturated carbocycles. The summed E-state index contributed by atoms with van der Waals surface area (Å²) >= 11 is 0. The van der Waals surface area contributed by atoms with Crippen molar-refractivity contribution < 1.29 is 0 Å². The minimum Gasteiger partial charge on any atom is -0.0649 e. The first-order valence-corrected chi connectivity index (χ1v) is 5.29. The minimum absolute atomic E-state index is 0.443. The van der Waals surface area contributed by atoms with E-state index in [1.54, 1.807) is 0 Å². The molecule has 0 heteroatoms. The SMILES string of the molecule is [CH2]CC(CC)(CC)C(C)(C)CC. The quantitative estimate of drug-likeness (QED) is 0.570. The van der Waals surface area contributed by atoms with E-state index in [0.717, 1.165) is 6.42 Å². The van der Waals surface area contributed by atoms with Gasteiger partial charge in [-0.25, -0.2) is 0 Å². The molecule has 0 rings (SSSR count). The summed E-state index contributed by atoms with van der Waals surface area (Å²) in [7, 11) is 0. The smallest absolute Gasteiger partial charge is 0.0252 e. The highest BCUT2D eigenvalue weighted by Gasteiger charge is 2.38. The lowest BCUT2D eigenvalue weighted by molar-refractivity contribution is 0.0548. The predicted octanol–water partition coefficient (Wildman–Crippen LogP) is 4.45. The van der Waals surface area contributed by atoms with Crippen LogP contribution in [0, 0.1) is 17.8 Å². The lowest BCUT2D eigenvalue weighted by Gasteiger charge is -2.45. The first-order valence-electron chi connectivity index (χ1n) is 5.29. The summed E-state index contributed by atoms with van der Waals surface area (Å²) in [4.78, 5) is 0.